The number of methoxy groups -OCH3 is 1. The van der Waals surface area contributed by atoms with Gasteiger partial charge in [0, 0.05) is 19.2 Å². The van der Waals surface area contributed by atoms with Crippen molar-refractivity contribution in [3.8, 4) is 11.4 Å². The Morgan fingerprint density at radius 2 is 1.81 bits per heavy atom. The number of halogens is 5. The second-order valence-corrected chi connectivity index (χ2v) is 6.95. The minimum atomic E-state index is -4.91. The molecular formula is C19H17Cl2F3N2O6. The number of benzene rings is 1. The Balaban J connectivity index is 2.50. The molecule has 0 atom stereocenters. The lowest BCUT2D eigenvalue weighted by atomic mass is 10.2. The maximum Gasteiger partial charge on any atom is 0.431 e. The van der Waals surface area contributed by atoms with Crippen LogP contribution >= 0.6 is 23.2 Å². The highest BCUT2D eigenvalue weighted by molar-refractivity contribution is 6.36. The first-order valence-corrected chi connectivity index (χ1v) is 9.60. The lowest BCUT2D eigenvalue weighted by Crippen LogP contribution is -2.40. The lowest BCUT2D eigenvalue weighted by Gasteiger charge is -2.16. The van der Waals surface area contributed by atoms with E-state index in [4.69, 9.17) is 37.4 Å². The molecule has 13 heteroatoms. The summed E-state index contributed by atoms with van der Waals surface area (Å²) in [6.45, 7) is 1.48. The molecule has 0 aliphatic heterocycles. The summed E-state index contributed by atoms with van der Waals surface area (Å²) in [5.74, 6) is -0.680. The molecule has 0 aliphatic carbocycles. The van der Waals surface area contributed by atoms with Crippen LogP contribution < -0.4 is 16.0 Å². The molecule has 2 rings (SSSR count). The summed E-state index contributed by atoms with van der Waals surface area (Å²) in [5.41, 5.74) is -4.20. The molecule has 0 saturated carbocycles. The van der Waals surface area contributed by atoms with Crippen LogP contribution in [0.15, 0.2) is 39.6 Å². The van der Waals surface area contributed by atoms with Gasteiger partial charge in [-0.15, -0.1) is 0 Å². The van der Waals surface area contributed by atoms with Crippen LogP contribution in [-0.2, 0) is 27.5 Å². The van der Waals surface area contributed by atoms with Gasteiger partial charge in [-0.3, -0.25) is 9.36 Å². The molecular weight excluding hydrogens is 480 g/mol. The van der Waals surface area contributed by atoms with E-state index in [1.54, 1.807) is 6.92 Å². The van der Waals surface area contributed by atoms with Gasteiger partial charge in [0.2, 0.25) is 0 Å². The Morgan fingerprint density at radius 1 is 1.16 bits per heavy atom. The van der Waals surface area contributed by atoms with Gasteiger partial charge in [-0.05, 0) is 13.0 Å². The third-order valence-corrected chi connectivity index (χ3v) is 4.65. The van der Waals surface area contributed by atoms with Crippen molar-refractivity contribution in [1.29, 1.82) is 0 Å². The minimum Gasteiger partial charge on any atom is -0.497 e. The highest BCUT2D eigenvalue weighted by Gasteiger charge is 2.35. The summed E-state index contributed by atoms with van der Waals surface area (Å²) in [5, 5.41) is -0.211. The summed E-state index contributed by atoms with van der Waals surface area (Å²) in [6, 6.07) is 2.54. The number of alkyl halides is 3. The highest BCUT2D eigenvalue weighted by Crippen LogP contribution is 2.33. The van der Waals surface area contributed by atoms with Gasteiger partial charge in [0.15, 0.2) is 0 Å². The van der Waals surface area contributed by atoms with E-state index < -0.39 is 29.1 Å². The van der Waals surface area contributed by atoms with Crippen molar-refractivity contribution in [3.05, 3.63) is 66.6 Å². The summed E-state index contributed by atoms with van der Waals surface area (Å²) < 4.78 is 55.2. The summed E-state index contributed by atoms with van der Waals surface area (Å²) >= 11 is 12.2. The van der Waals surface area contributed by atoms with Crippen LogP contribution in [0.2, 0.25) is 10.0 Å². The first-order chi connectivity index (χ1) is 14.9. The number of esters is 1. The molecule has 0 aliphatic rings. The first-order valence-electron chi connectivity index (χ1n) is 8.84. The van der Waals surface area contributed by atoms with Crippen molar-refractivity contribution in [3.63, 3.8) is 0 Å². The molecule has 0 amide bonds. The normalized spacial score (nSPS) is 11.9. The first kappa shape index (κ1) is 25.3. The average molecular weight is 497 g/mol. The predicted octanol–water partition coefficient (Wildman–Crippen LogP) is 3.33. The van der Waals surface area contributed by atoms with E-state index in [-0.39, 0.29) is 51.1 Å². The van der Waals surface area contributed by atoms with Crippen molar-refractivity contribution < 1.29 is 32.2 Å². The van der Waals surface area contributed by atoms with Crippen LogP contribution in [0.25, 0.3) is 5.69 Å². The molecule has 0 saturated heterocycles. The van der Waals surface area contributed by atoms with Crippen LogP contribution in [0.1, 0.15) is 12.6 Å². The van der Waals surface area contributed by atoms with Crippen molar-refractivity contribution in [2.45, 2.75) is 13.1 Å². The predicted molar refractivity (Wildman–Crippen MR) is 110 cm³/mol. The fourth-order valence-electron chi connectivity index (χ4n) is 2.54. The lowest BCUT2D eigenvalue weighted by molar-refractivity contribution is -0.144. The van der Waals surface area contributed by atoms with Gasteiger partial charge in [-0.2, -0.15) is 13.2 Å². The van der Waals surface area contributed by atoms with Crippen LogP contribution in [-0.4, -0.2) is 35.4 Å². The molecule has 0 radical (unpaired) electrons. The summed E-state index contributed by atoms with van der Waals surface area (Å²) in [4.78, 5) is 36.4. The zero-order valence-electron chi connectivity index (χ0n) is 17.0. The monoisotopic (exact) mass is 496 g/mol. The Labute approximate surface area is 189 Å². The second-order valence-electron chi connectivity index (χ2n) is 6.13. The van der Waals surface area contributed by atoms with E-state index in [1.807, 2.05) is 0 Å². The van der Waals surface area contributed by atoms with Gasteiger partial charge in [0.25, 0.3) is 5.56 Å². The van der Waals surface area contributed by atoms with Crippen molar-refractivity contribution in [2.24, 2.45) is 7.05 Å². The third kappa shape index (κ3) is 5.65. The fourth-order valence-corrected chi connectivity index (χ4v) is 3.07. The van der Waals surface area contributed by atoms with E-state index in [2.05, 4.69) is 0 Å². The van der Waals surface area contributed by atoms with Gasteiger partial charge in [0.1, 0.15) is 23.8 Å². The smallest absolute Gasteiger partial charge is 0.431 e. The van der Waals surface area contributed by atoms with Crippen LogP contribution in [0.3, 0.4) is 0 Å². The highest BCUT2D eigenvalue weighted by atomic mass is 35.5. The van der Waals surface area contributed by atoms with E-state index in [0.717, 1.165) is 25.3 Å². The van der Waals surface area contributed by atoms with E-state index in [1.165, 1.54) is 7.11 Å². The number of nitrogens with zero attached hydrogens (tertiary/aromatic N) is 2. The van der Waals surface area contributed by atoms with Crippen LogP contribution in [0.4, 0.5) is 13.2 Å². The van der Waals surface area contributed by atoms with Crippen LogP contribution in [0.5, 0.6) is 5.75 Å². The third-order valence-electron chi connectivity index (χ3n) is 4.05. The SMILES string of the molecule is CCOC(=O)C=C(COc1cc(-n2c(=O)cc(C(F)(F)F)n(C)c2=O)c(Cl)cc1Cl)OC. The molecule has 0 fully saturated rings. The number of carbonyl (C=O) groups excluding carboxylic acids is 1. The molecule has 1 heterocycles. The number of aromatic nitrogens is 2. The quantitative estimate of drug-likeness (QED) is 0.332. The maximum absolute atomic E-state index is 13.1. The van der Waals surface area contributed by atoms with Gasteiger partial charge in [-0.1, -0.05) is 23.2 Å². The molecule has 32 heavy (non-hydrogen) atoms. The number of carbonyl (C=O) groups is 1. The molecule has 1 aromatic carbocycles. The Hall–Kier alpha value is -2.92. The molecule has 0 unspecified atom stereocenters. The Morgan fingerprint density at radius 3 is 2.38 bits per heavy atom. The zero-order valence-corrected chi connectivity index (χ0v) is 18.5. The van der Waals surface area contributed by atoms with Crippen molar-refractivity contribution in [2.75, 3.05) is 20.3 Å². The molecule has 0 N–H and O–H groups in total. The van der Waals surface area contributed by atoms with E-state index >= 15 is 0 Å². The molecule has 8 nitrogen and oxygen atoms in total. The Kier molecular flexibility index (Phi) is 8.02. The number of hydrogen-bond donors (Lipinski definition) is 0. The second kappa shape index (κ2) is 10.1. The average Bonchev–Trinajstić information content (AvgIpc) is 2.69. The molecule has 0 bridgehead atoms. The minimum absolute atomic E-state index is 0.0258. The van der Waals surface area contributed by atoms with Gasteiger partial charge >= 0.3 is 17.8 Å². The van der Waals surface area contributed by atoms with Crippen LogP contribution in [0, 0.1) is 0 Å². The standard InChI is InChI=1S/C19H17Cl2F3N2O6/c1-4-31-17(28)5-10(30-3)9-32-14-7-13(11(20)6-12(14)21)26-16(27)8-15(19(22,23)24)25(2)18(26)29/h5-8H,4,9H2,1-3H3. The van der Waals surface area contributed by atoms with Gasteiger partial charge < -0.3 is 14.2 Å². The van der Waals surface area contributed by atoms with Crippen molar-refractivity contribution in [1.82, 2.24) is 9.13 Å². The number of ether oxygens (including phenoxy) is 3. The summed E-state index contributed by atoms with van der Waals surface area (Å²) in [7, 11) is 2.15. The summed E-state index contributed by atoms with van der Waals surface area (Å²) in [6.07, 6.45) is -3.86. The van der Waals surface area contributed by atoms with E-state index in [0.29, 0.717) is 4.57 Å². The van der Waals surface area contributed by atoms with E-state index in [9.17, 15) is 27.6 Å². The topological polar surface area (TPSA) is 88.8 Å². The largest absolute Gasteiger partial charge is 0.497 e. The maximum atomic E-state index is 13.1. The van der Waals surface area contributed by atoms with Gasteiger partial charge in [0.05, 0.1) is 35.5 Å². The molecule has 2 aromatic rings. The molecule has 1 aromatic heterocycles. The number of hydrogen-bond acceptors (Lipinski definition) is 6. The molecule has 0 spiro atoms. The zero-order chi connectivity index (χ0) is 24.2. The fraction of sp³-hybridized carbons (Fsp3) is 0.316. The number of rotatable bonds is 7. The van der Waals surface area contributed by atoms with Gasteiger partial charge in [-0.25, -0.2) is 14.2 Å². The Bertz CT molecular complexity index is 1170. The molecule has 174 valence electrons. The van der Waals surface area contributed by atoms with Crippen molar-refractivity contribution >= 4 is 29.2 Å².